The van der Waals surface area contributed by atoms with Gasteiger partial charge in [-0.2, -0.15) is 0 Å². The van der Waals surface area contributed by atoms with Crippen LogP contribution in [0.25, 0.3) is 0 Å². The van der Waals surface area contributed by atoms with Crippen LogP contribution in [0.15, 0.2) is 18.2 Å². The number of ether oxygens (including phenoxy) is 1. The van der Waals surface area contributed by atoms with Gasteiger partial charge in [-0.15, -0.1) is 0 Å². The number of aliphatic carboxylic acids is 1. The van der Waals surface area contributed by atoms with Crippen molar-refractivity contribution in [3.8, 4) is 5.75 Å². The molecule has 7 heteroatoms. The number of nitrogens with zero attached hydrogens (tertiary/aromatic N) is 1. The Kier molecular flexibility index (Phi) is 2.47. The van der Waals surface area contributed by atoms with Gasteiger partial charge in [-0.05, 0) is 6.07 Å². The van der Waals surface area contributed by atoms with Crippen molar-refractivity contribution in [3.63, 3.8) is 0 Å². The molecule has 17 heavy (non-hydrogen) atoms. The van der Waals surface area contributed by atoms with Gasteiger partial charge in [-0.1, -0.05) is 0 Å². The van der Waals surface area contributed by atoms with E-state index in [0.29, 0.717) is 0 Å². The minimum atomic E-state index is -1.63. The lowest BCUT2D eigenvalue weighted by Gasteiger charge is -2.31. The van der Waals surface area contributed by atoms with Gasteiger partial charge in [0.05, 0.1) is 11.5 Å². The molecule has 0 radical (unpaired) electrons. The molecule has 1 aliphatic rings. The first kappa shape index (κ1) is 11.3. The molecular formula is C10H10N2O5. The van der Waals surface area contributed by atoms with Gasteiger partial charge in [0.15, 0.2) is 0 Å². The molecule has 2 rings (SSSR count). The summed E-state index contributed by atoms with van der Waals surface area (Å²) in [5, 5.41) is 19.8. The van der Waals surface area contributed by atoms with E-state index in [0.717, 1.165) is 6.07 Å². The maximum absolute atomic E-state index is 11.2. The lowest BCUT2D eigenvalue weighted by Crippen LogP contribution is -2.48. The summed E-state index contributed by atoms with van der Waals surface area (Å²) < 4.78 is 5.24. The largest absolute Gasteiger partial charge is 0.493 e. The third kappa shape index (κ3) is 1.70. The Morgan fingerprint density at radius 3 is 2.88 bits per heavy atom. The van der Waals surface area contributed by atoms with Gasteiger partial charge in [-0.3, -0.25) is 10.1 Å². The van der Waals surface area contributed by atoms with Crippen LogP contribution in [-0.4, -0.2) is 22.6 Å². The summed E-state index contributed by atoms with van der Waals surface area (Å²) in [6.45, 7) is 0.174. The summed E-state index contributed by atoms with van der Waals surface area (Å²) >= 11 is 0. The van der Waals surface area contributed by atoms with E-state index < -0.39 is 16.4 Å². The number of carbonyl (C=O) groups is 1. The molecule has 0 aliphatic carbocycles. The van der Waals surface area contributed by atoms with Gasteiger partial charge in [-0.25, -0.2) is 4.79 Å². The van der Waals surface area contributed by atoms with Crippen molar-refractivity contribution >= 4 is 11.7 Å². The number of rotatable bonds is 2. The molecule has 0 saturated carbocycles. The molecule has 3 N–H and O–H groups in total. The van der Waals surface area contributed by atoms with E-state index in [2.05, 4.69) is 0 Å². The predicted molar refractivity (Wildman–Crippen MR) is 56.7 cm³/mol. The summed E-state index contributed by atoms with van der Waals surface area (Å²) in [7, 11) is 0. The van der Waals surface area contributed by atoms with Gasteiger partial charge < -0.3 is 15.6 Å². The summed E-state index contributed by atoms with van der Waals surface area (Å²) in [6, 6.07) is 3.78. The lowest BCUT2D eigenvalue weighted by molar-refractivity contribution is -0.385. The summed E-state index contributed by atoms with van der Waals surface area (Å²) in [4.78, 5) is 21.2. The topological polar surface area (TPSA) is 116 Å². The number of nitrogens with two attached hydrogens (primary N) is 1. The first-order valence-corrected chi connectivity index (χ1v) is 4.89. The Bertz CT molecular complexity index is 501. The van der Waals surface area contributed by atoms with E-state index in [-0.39, 0.29) is 30.0 Å². The lowest BCUT2D eigenvalue weighted by atomic mass is 9.85. The highest BCUT2D eigenvalue weighted by atomic mass is 16.6. The van der Waals surface area contributed by atoms with Crippen molar-refractivity contribution < 1.29 is 19.6 Å². The molecule has 0 spiro atoms. The third-order valence-electron chi connectivity index (χ3n) is 2.79. The van der Waals surface area contributed by atoms with Crippen LogP contribution in [0, 0.1) is 10.1 Å². The number of nitro groups is 1. The molecule has 90 valence electrons. The van der Waals surface area contributed by atoms with Crippen LogP contribution in [0.4, 0.5) is 5.69 Å². The van der Waals surface area contributed by atoms with Gasteiger partial charge in [0, 0.05) is 24.1 Å². The molecule has 0 bridgehead atoms. The Hall–Kier alpha value is -2.15. The van der Waals surface area contributed by atoms with E-state index in [4.69, 9.17) is 15.6 Å². The first-order chi connectivity index (χ1) is 7.95. The molecule has 1 atom stereocenters. The zero-order chi connectivity index (χ0) is 12.6. The smallest absolute Gasteiger partial charge is 0.328 e. The fraction of sp³-hybridized carbons (Fsp3) is 0.300. The van der Waals surface area contributed by atoms with E-state index in [1.165, 1.54) is 12.1 Å². The fourth-order valence-corrected chi connectivity index (χ4v) is 1.78. The van der Waals surface area contributed by atoms with E-state index in [9.17, 15) is 14.9 Å². The number of benzene rings is 1. The van der Waals surface area contributed by atoms with Gasteiger partial charge in [0.2, 0.25) is 0 Å². The quantitative estimate of drug-likeness (QED) is 0.576. The highest BCUT2D eigenvalue weighted by Crippen LogP contribution is 2.37. The SMILES string of the molecule is NC1(C(=O)O)CCOc2ccc([N+](=O)[O-])cc21. The molecule has 1 aromatic carbocycles. The van der Waals surface area contributed by atoms with Crippen LogP contribution in [0.3, 0.4) is 0 Å². The van der Waals surface area contributed by atoms with E-state index >= 15 is 0 Å². The van der Waals surface area contributed by atoms with Crippen molar-refractivity contribution in [1.29, 1.82) is 0 Å². The number of nitro benzene ring substituents is 1. The summed E-state index contributed by atoms with van der Waals surface area (Å²) in [5.41, 5.74) is 4.10. The summed E-state index contributed by atoms with van der Waals surface area (Å²) in [6.07, 6.45) is 0.0799. The van der Waals surface area contributed by atoms with Crippen molar-refractivity contribution in [3.05, 3.63) is 33.9 Å². The maximum Gasteiger partial charge on any atom is 0.328 e. The average Bonchev–Trinajstić information content (AvgIpc) is 2.28. The van der Waals surface area contributed by atoms with Gasteiger partial charge in [0.25, 0.3) is 5.69 Å². The van der Waals surface area contributed by atoms with E-state index in [1.54, 1.807) is 0 Å². The van der Waals surface area contributed by atoms with Crippen molar-refractivity contribution in [2.24, 2.45) is 5.73 Å². The van der Waals surface area contributed by atoms with Gasteiger partial charge in [0.1, 0.15) is 11.3 Å². The van der Waals surface area contributed by atoms with Crippen LogP contribution in [0.5, 0.6) is 5.75 Å². The molecule has 1 heterocycles. The highest BCUT2D eigenvalue weighted by molar-refractivity contribution is 5.82. The molecule has 0 saturated heterocycles. The standard InChI is InChI=1S/C10H10N2O5/c11-10(9(13)14)3-4-17-8-2-1-6(12(15)16)5-7(8)10/h1-2,5H,3-4,11H2,(H,13,14). The number of carboxylic acids is 1. The zero-order valence-corrected chi connectivity index (χ0v) is 8.75. The second kappa shape index (κ2) is 3.70. The number of carboxylic acid groups (broad SMARTS) is 1. The minimum absolute atomic E-state index is 0.0799. The molecule has 1 unspecified atom stereocenters. The van der Waals surface area contributed by atoms with Crippen LogP contribution >= 0.6 is 0 Å². The van der Waals surface area contributed by atoms with Crippen molar-refractivity contribution in [1.82, 2.24) is 0 Å². The van der Waals surface area contributed by atoms with Crippen LogP contribution in [0.2, 0.25) is 0 Å². The van der Waals surface area contributed by atoms with Crippen LogP contribution in [0.1, 0.15) is 12.0 Å². The van der Waals surface area contributed by atoms with Crippen molar-refractivity contribution in [2.45, 2.75) is 12.0 Å². The highest BCUT2D eigenvalue weighted by Gasteiger charge is 2.42. The number of fused-ring (bicyclic) bond motifs is 1. The Morgan fingerprint density at radius 1 is 1.59 bits per heavy atom. The average molecular weight is 238 g/mol. The normalized spacial score (nSPS) is 22.4. The minimum Gasteiger partial charge on any atom is -0.493 e. The second-order valence-corrected chi connectivity index (χ2v) is 3.81. The fourth-order valence-electron chi connectivity index (χ4n) is 1.78. The molecule has 1 aromatic rings. The first-order valence-electron chi connectivity index (χ1n) is 4.89. The summed E-state index contributed by atoms with van der Waals surface area (Å²) in [5.74, 6) is -0.936. The predicted octanol–water partition coefficient (Wildman–Crippen LogP) is 0.616. The zero-order valence-electron chi connectivity index (χ0n) is 8.75. The molecule has 0 fully saturated rings. The Morgan fingerprint density at radius 2 is 2.29 bits per heavy atom. The van der Waals surface area contributed by atoms with Gasteiger partial charge >= 0.3 is 5.97 Å². The van der Waals surface area contributed by atoms with Crippen molar-refractivity contribution in [2.75, 3.05) is 6.61 Å². The monoisotopic (exact) mass is 238 g/mol. The molecule has 0 aromatic heterocycles. The van der Waals surface area contributed by atoms with Crippen LogP contribution in [-0.2, 0) is 10.3 Å². The third-order valence-corrected chi connectivity index (χ3v) is 2.79. The number of hydrogen-bond acceptors (Lipinski definition) is 5. The molecular weight excluding hydrogens is 228 g/mol. The Labute approximate surface area is 95.9 Å². The van der Waals surface area contributed by atoms with Crippen LogP contribution < -0.4 is 10.5 Å². The molecule has 1 aliphatic heterocycles. The number of hydrogen-bond donors (Lipinski definition) is 2. The second-order valence-electron chi connectivity index (χ2n) is 3.81. The maximum atomic E-state index is 11.2. The van der Waals surface area contributed by atoms with E-state index in [1.807, 2.05) is 0 Å². The Balaban J connectivity index is 2.59. The molecule has 0 amide bonds. The molecule has 7 nitrogen and oxygen atoms in total. The number of non-ortho nitro benzene ring substituents is 1.